The Labute approximate surface area is 167 Å². The summed E-state index contributed by atoms with van der Waals surface area (Å²) in [6, 6.07) is 5.68. The smallest absolute Gasteiger partial charge is 0.341 e. The number of ether oxygens (including phenoxy) is 1. The second kappa shape index (κ2) is 8.37. The van der Waals surface area contributed by atoms with Crippen LogP contribution < -0.4 is 10.6 Å². The summed E-state index contributed by atoms with van der Waals surface area (Å²) >= 11 is 13.2. The van der Waals surface area contributed by atoms with Crippen molar-refractivity contribution >= 4 is 56.9 Å². The van der Waals surface area contributed by atoms with Crippen LogP contribution in [0.5, 0.6) is 0 Å². The van der Waals surface area contributed by atoms with E-state index >= 15 is 0 Å². The minimum atomic E-state index is -0.312. The molecule has 26 heavy (non-hydrogen) atoms. The third-order valence-electron chi connectivity index (χ3n) is 4.47. The molecule has 2 aromatic rings. The maximum atomic E-state index is 12.4. The van der Waals surface area contributed by atoms with Gasteiger partial charge in [0.25, 0.3) is 0 Å². The predicted octanol–water partition coefficient (Wildman–Crippen LogP) is 5.57. The van der Waals surface area contributed by atoms with Gasteiger partial charge >= 0.3 is 5.97 Å². The Hall–Kier alpha value is -1.63. The van der Waals surface area contributed by atoms with E-state index in [1.165, 1.54) is 18.4 Å². The number of anilines is 2. The zero-order chi connectivity index (χ0) is 18.7. The van der Waals surface area contributed by atoms with Crippen LogP contribution in [0.2, 0.25) is 5.02 Å². The SMILES string of the molecule is COC(=O)c1c(NC(=S)Nc2ccc(C)c(Cl)c2)sc2c1CCCCC2. The van der Waals surface area contributed by atoms with Crippen molar-refractivity contribution in [3.05, 3.63) is 44.8 Å². The number of rotatable bonds is 3. The van der Waals surface area contributed by atoms with E-state index in [9.17, 15) is 4.79 Å². The molecule has 0 spiro atoms. The van der Waals surface area contributed by atoms with Gasteiger partial charge in [-0.3, -0.25) is 0 Å². The van der Waals surface area contributed by atoms with Gasteiger partial charge in [-0.05, 0) is 68.1 Å². The topological polar surface area (TPSA) is 50.4 Å². The first-order valence-electron chi connectivity index (χ1n) is 8.56. The quantitative estimate of drug-likeness (QED) is 0.394. The Kier molecular flexibility index (Phi) is 6.16. The van der Waals surface area contributed by atoms with Crippen molar-refractivity contribution in [3.63, 3.8) is 0 Å². The monoisotopic (exact) mass is 408 g/mol. The first-order chi connectivity index (χ1) is 12.5. The average Bonchev–Trinajstić information content (AvgIpc) is 2.78. The Morgan fingerprint density at radius 2 is 2.00 bits per heavy atom. The summed E-state index contributed by atoms with van der Waals surface area (Å²) in [6.07, 6.45) is 5.35. The number of thiophene rings is 1. The number of carbonyl (C=O) groups excluding carboxylic acids is 1. The maximum absolute atomic E-state index is 12.4. The van der Waals surface area contributed by atoms with Crippen molar-refractivity contribution in [3.8, 4) is 0 Å². The van der Waals surface area contributed by atoms with Gasteiger partial charge in [0, 0.05) is 15.6 Å². The van der Waals surface area contributed by atoms with E-state index in [0.29, 0.717) is 15.7 Å². The molecule has 138 valence electrons. The lowest BCUT2D eigenvalue weighted by atomic mass is 10.1. The van der Waals surface area contributed by atoms with Crippen molar-refractivity contribution in [2.45, 2.75) is 39.0 Å². The number of halogens is 1. The standard InChI is InChI=1S/C19H21ClN2O2S2/c1-11-8-9-12(10-14(11)20)21-19(25)22-17-16(18(23)24-2)13-6-4-3-5-7-15(13)26-17/h8-10H,3-7H2,1-2H3,(H2,21,22,25). The molecule has 0 saturated heterocycles. The van der Waals surface area contributed by atoms with Gasteiger partial charge in [-0.1, -0.05) is 24.1 Å². The highest BCUT2D eigenvalue weighted by molar-refractivity contribution is 7.80. The molecule has 2 N–H and O–H groups in total. The van der Waals surface area contributed by atoms with E-state index < -0.39 is 0 Å². The van der Waals surface area contributed by atoms with Crippen LogP contribution in [0.15, 0.2) is 18.2 Å². The Balaban J connectivity index is 1.83. The molecule has 4 nitrogen and oxygen atoms in total. The van der Waals surface area contributed by atoms with Crippen molar-refractivity contribution in [2.75, 3.05) is 17.7 Å². The summed E-state index contributed by atoms with van der Waals surface area (Å²) in [7, 11) is 1.41. The fourth-order valence-electron chi connectivity index (χ4n) is 3.08. The molecule has 1 aliphatic carbocycles. The zero-order valence-electron chi connectivity index (χ0n) is 14.8. The fraction of sp³-hybridized carbons (Fsp3) is 0.368. The zero-order valence-corrected chi connectivity index (χ0v) is 17.2. The number of hydrogen-bond donors (Lipinski definition) is 2. The highest BCUT2D eigenvalue weighted by atomic mass is 35.5. The second-order valence-electron chi connectivity index (χ2n) is 6.30. The normalized spacial score (nSPS) is 13.5. The fourth-order valence-corrected chi connectivity index (χ4v) is 4.83. The van der Waals surface area contributed by atoms with Crippen molar-refractivity contribution in [1.29, 1.82) is 0 Å². The van der Waals surface area contributed by atoms with Crippen molar-refractivity contribution < 1.29 is 9.53 Å². The van der Waals surface area contributed by atoms with Gasteiger partial charge in [-0.25, -0.2) is 4.79 Å². The number of benzene rings is 1. The minimum absolute atomic E-state index is 0.312. The Morgan fingerprint density at radius 1 is 1.23 bits per heavy atom. The molecule has 0 amide bonds. The van der Waals surface area contributed by atoms with Gasteiger partial charge in [0.15, 0.2) is 5.11 Å². The molecule has 1 heterocycles. The number of fused-ring (bicyclic) bond motifs is 1. The van der Waals surface area contributed by atoms with Crippen molar-refractivity contribution in [2.24, 2.45) is 0 Å². The lowest BCUT2D eigenvalue weighted by molar-refractivity contribution is 0.0601. The van der Waals surface area contributed by atoms with E-state index in [-0.39, 0.29) is 5.97 Å². The molecule has 3 rings (SSSR count). The van der Waals surface area contributed by atoms with Gasteiger partial charge in [0.1, 0.15) is 5.00 Å². The summed E-state index contributed by atoms with van der Waals surface area (Å²) in [6.45, 7) is 1.95. The number of nitrogens with one attached hydrogen (secondary N) is 2. The molecular formula is C19H21ClN2O2S2. The van der Waals surface area contributed by atoms with Crippen LogP contribution in [0.25, 0.3) is 0 Å². The molecule has 0 saturated carbocycles. The van der Waals surface area contributed by atoms with Gasteiger partial charge in [0.2, 0.25) is 0 Å². The second-order valence-corrected chi connectivity index (χ2v) is 8.22. The van der Waals surface area contributed by atoms with E-state index in [1.54, 1.807) is 11.3 Å². The van der Waals surface area contributed by atoms with Gasteiger partial charge in [0.05, 0.1) is 12.7 Å². The third-order valence-corrected chi connectivity index (χ3v) is 6.29. The number of carbonyl (C=O) groups is 1. The molecule has 0 unspecified atom stereocenters. The molecule has 0 bridgehead atoms. The molecule has 0 aliphatic heterocycles. The van der Waals surface area contributed by atoms with Crippen LogP contribution in [-0.4, -0.2) is 18.2 Å². The summed E-state index contributed by atoms with van der Waals surface area (Å²) in [5.41, 5.74) is 3.55. The molecule has 0 radical (unpaired) electrons. The summed E-state index contributed by atoms with van der Waals surface area (Å²) in [5, 5.41) is 8.16. The number of methoxy groups -OCH3 is 1. The van der Waals surface area contributed by atoms with Crippen LogP contribution in [-0.2, 0) is 17.6 Å². The molecule has 1 aliphatic rings. The van der Waals surface area contributed by atoms with Crippen LogP contribution in [0, 0.1) is 6.92 Å². The lowest BCUT2D eigenvalue weighted by Crippen LogP contribution is -2.20. The summed E-state index contributed by atoms with van der Waals surface area (Å²) < 4.78 is 5.02. The molecule has 7 heteroatoms. The summed E-state index contributed by atoms with van der Waals surface area (Å²) in [5.74, 6) is -0.312. The Bertz CT molecular complexity index is 848. The summed E-state index contributed by atoms with van der Waals surface area (Å²) in [4.78, 5) is 13.6. The van der Waals surface area contributed by atoms with E-state index in [4.69, 9.17) is 28.6 Å². The number of aryl methyl sites for hydroxylation is 2. The molecule has 1 aromatic carbocycles. The van der Waals surface area contributed by atoms with Crippen LogP contribution in [0.1, 0.15) is 45.6 Å². The van der Waals surface area contributed by atoms with Gasteiger partial charge in [-0.2, -0.15) is 0 Å². The van der Waals surface area contributed by atoms with E-state index in [0.717, 1.165) is 47.5 Å². The lowest BCUT2D eigenvalue weighted by Gasteiger charge is -2.12. The molecule has 1 aromatic heterocycles. The maximum Gasteiger partial charge on any atom is 0.341 e. The van der Waals surface area contributed by atoms with Crippen molar-refractivity contribution in [1.82, 2.24) is 0 Å². The predicted molar refractivity (Wildman–Crippen MR) is 113 cm³/mol. The molecular weight excluding hydrogens is 388 g/mol. The first kappa shape index (κ1) is 19.1. The van der Waals surface area contributed by atoms with Gasteiger partial charge < -0.3 is 15.4 Å². The minimum Gasteiger partial charge on any atom is -0.465 e. The van der Waals surface area contributed by atoms with Gasteiger partial charge in [-0.15, -0.1) is 11.3 Å². The van der Waals surface area contributed by atoms with Crippen LogP contribution >= 0.6 is 35.2 Å². The first-order valence-corrected chi connectivity index (χ1v) is 10.2. The Morgan fingerprint density at radius 3 is 2.73 bits per heavy atom. The van der Waals surface area contributed by atoms with E-state index in [2.05, 4.69) is 10.6 Å². The average molecular weight is 409 g/mol. The third kappa shape index (κ3) is 4.19. The number of thiocarbonyl (C=S) groups is 1. The van der Waals surface area contributed by atoms with E-state index in [1.807, 2.05) is 25.1 Å². The highest BCUT2D eigenvalue weighted by Crippen LogP contribution is 2.38. The molecule has 0 atom stereocenters. The number of esters is 1. The van der Waals surface area contributed by atoms with Crippen LogP contribution in [0.3, 0.4) is 0 Å². The number of hydrogen-bond acceptors (Lipinski definition) is 4. The molecule has 0 fully saturated rings. The highest BCUT2D eigenvalue weighted by Gasteiger charge is 2.25. The largest absolute Gasteiger partial charge is 0.465 e. The van der Waals surface area contributed by atoms with Crippen LogP contribution in [0.4, 0.5) is 10.7 Å².